The standard InChI is InChI=1S/C28H30F2N6O2S/c1-35-8-10-36(11-9-35)20-3-5-23(26(16-20)31-7-12-38-2)28(37)32-27-24-17-21(4-6-25(24)33-34-27)39-22-14-18(29)13-19(30)15-22/h3-6,13-17,31H,7-12H2,1-2H3,(H2,32,33,34,37). The van der Waals surface area contributed by atoms with Gasteiger partial charge in [-0.15, -0.1) is 0 Å². The number of ether oxygens (including phenoxy) is 1. The fourth-order valence-electron chi connectivity index (χ4n) is 4.48. The van der Waals surface area contributed by atoms with Gasteiger partial charge in [0, 0.05) is 72.5 Å². The minimum absolute atomic E-state index is 0.307. The van der Waals surface area contributed by atoms with Crippen LogP contribution in [0.4, 0.5) is 26.0 Å². The van der Waals surface area contributed by atoms with E-state index in [0.717, 1.165) is 48.3 Å². The number of benzene rings is 3. The Morgan fingerprint density at radius 2 is 1.79 bits per heavy atom. The van der Waals surface area contributed by atoms with E-state index >= 15 is 0 Å². The number of H-pyrrole nitrogens is 1. The zero-order valence-electron chi connectivity index (χ0n) is 21.8. The highest BCUT2D eigenvalue weighted by Crippen LogP contribution is 2.33. The van der Waals surface area contributed by atoms with Crippen LogP contribution < -0.4 is 15.5 Å². The van der Waals surface area contributed by atoms with E-state index in [2.05, 4.69) is 37.7 Å². The summed E-state index contributed by atoms with van der Waals surface area (Å²) in [5.74, 6) is -1.21. The van der Waals surface area contributed by atoms with Crippen molar-refractivity contribution >= 4 is 45.8 Å². The number of nitrogens with one attached hydrogen (secondary N) is 3. The predicted molar refractivity (Wildman–Crippen MR) is 151 cm³/mol. The average Bonchev–Trinajstić information content (AvgIpc) is 3.30. The molecule has 0 aliphatic carbocycles. The minimum atomic E-state index is -0.636. The number of rotatable bonds is 9. The molecule has 2 heterocycles. The van der Waals surface area contributed by atoms with Crippen molar-refractivity contribution < 1.29 is 18.3 Å². The number of fused-ring (bicyclic) bond motifs is 1. The second-order valence-electron chi connectivity index (χ2n) is 9.38. The molecule has 1 saturated heterocycles. The van der Waals surface area contributed by atoms with E-state index < -0.39 is 11.6 Å². The Kier molecular flexibility index (Phi) is 8.30. The number of hydrogen-bond acceptors (Lipinski definition) is 7. The molecular weight excluding hydrogens is 522 g/mol. The maximum atomic E-state index is 13.6. The zero-order chi connectivity index (χ0) is 27.4. The number of hydrogen-bond donors (Lipinski definition) is 3. The molecule has 1 fully saturated rings. The molecule has 4 aromatic rings. The van der Waals surface area contributed by atoms with Crippen LogP contribution in [0.1, 0.15) is 10.4 Å². The lowest BCUT2D eigenvalue weighted by atomic mass is 10.1. The quantitative estimate of drug-likeness (QED) is 0.251. The fourth-order valence-corrected chi connectivity index (χ4v) is 5.40. The summed E-state index contributed by atoms with van der Waals surface area (Å²) < 4.78 is 32.5. The van der Waals surface area contributed by atoms with E-state index in [0.29, 0.717) is 40.5 Å². The van der Waals surface area contributed by atoms with Crippen LogP contribution in [0.3, 0.4) is 0 Å². The van der Waals surface area contributed by atoms with Crippen molar-refractivity contribution in [3.8, 4) is 0 Å². The van der Waals surface area contributed by atoms with Gasteiger partial charge < -0.3 is 25.2 Å². The highest BCUT2D eigenvalue weighted by atomic mass is 32.2. The fraction of sp³-hybridized carbons (Fsp3) is 0.286. The summed E-state index contributed by atoms with van der Waals surface area (Å²) in [6.45, 7) is 4.85. The normalized spacial score (nSPS) is 14.1. The average molecular weight is 553 g/mol. The molecule has 39 heavy (non-hydrogen) atoms. The largest absolute Gasteiger partial charge is 0.383 e. The van der Waals surface area contributed by atoms with E-state index in [4.69, 9.17) is 4.74 Å². The van der Waals surface area contributed by atoms with Gasteiger partial charge in [-0.1, -0.05) is 11.8 Å². The Balaban J connectivity index is 1.38. The summed E-state index contributed by atoms with van der Waals surface area (Å²) >= 11 is 1.22. The highest BCUT2D eigenvalue weighted by Gasteiger charge is 2.19. The van der Waals surface area contributed by atoms with Crippen molar-refractivity contribution in [3.63, 3.8) is 0 Å². The number of nitrogens with zero attached hydrogens (tertiary/aromatic N) is 3. The summed E-state index contributed by atoms with van der Waals surface area (Å²) in [4.78, 5) is 19.2. The van der Waals surface area contributed by atoms with Crippen LogP contribution >= 0.6 is 11.8 Å². The molecule has 0 unspecified atom stereocenters. The maximum Gasteiger partial charge on any atom is 0.258 e. The smallest absolute Gasteiger partial charge is 0.258 e. The van der Waals surface area contributed by atoms with Gasteiger partial charge in [0.25, 0.3) is 5.91 Å². The number of likely N-dealkylation sites (N-methyl/N-ethyl adjacent to an activating group) is 1. The van der Waals surface area contributed by atoms with Crippen LogP contribution in [-0.4, -0.2) is 74.5 Å². The summed E-state index contributed by atoms with van der Waals surface area (Å²) in [6, 6.07) is 14.7. The van der Waals surface area contributed by atoms with Gasteiger partial charge in [-0.3, -0.25) is 9.89 Å². The number of halogens is 2. The van der Waals surface area contributed by atoms with Crippen LogP contribution in [-0.2, 0) is 4.74 Å². The molecule has 1 aliphatic rings. The first kappa shape index (κ1) is 26.9. The number of amides is 1. The lowest BCUT2D eigenvalue weighted by Crippen LogP contribution is -2.44. The molecule has 1 aliphatic heterocycles. The van der Waals surface area contributed by atoms with E-state index in [9.17, 15) is 13.6 Å². The van der Waals surface area contributed by atoms with Gasteiger partial charge in [-0.25, -0.2) is 8.78 Å². The first-order valence-electron chi connectivity index (χ1n) is 12.6. The molecule has 3 aromatic carbocycles. The van der Waals surface area contributed by atoms with Crippen molar-refractivity contribution in [2.45, 2.75) is 9.79 Å². The summed E-state index contributed by atoms with van der Waals surface area (Å²) in [6.07, 6.45) is 0. The molecule has 0 bridgehead atoms. The Hall–Kier alpha value is -3.67. The molecule has 0 radical (unpaired) electrons. The van der Waals surface area contributed by atoms with Crippen molar-refractivity contribution in [1.82, 2.24) is 15.1 Å². The van der Waals surface area contributed by atoms with Crippen molar-refractivity contribution in [2.24, 2.45) is 0 Å². The van der Waals surface area contributed by atoms with Crippen molar-refractivity contribution in [2.75, 3.05) is 69.0 Å². The minimum Gasteiger partial charge on any atom is -0.383 e. The van der Waals surface area contributed by atoms with Gasteiger partial charge in [0.05, 0.1) is 17.7 Å². The molecule has 11 heteroatoms. The Bertz CT molecular complexity index is 1450. The number of methoxy groups -OCH3 is 1. The van der Waals surface area contributed by atoms with Crippen LogP contribution in [0.5, 0.6) is 0 Å². The summed E-state index contributed by atoms with van der Waals surface area (Å²) in [7, 11) is 3.75. The second-order valence-corrected chi connectivity index (χ2v) is 10.5. The third-order valence-corrected chi connectivity index (χ3v) is 7.54. The molecule has 8 nitrogen and oxygen atoms in total. The van der Waals surface area contributed by atoms with Crippen LogP contribution in [0.25, 0.3) is 10.9 Å². The molecule has 0 saturated carbocycles. The SMILES string of the molecule is COCCNc1cc(N2CCN(C)CC2)ccc1C(=O)Nc1n[nH]c2ccc(Sc3cc(F)cc(F)c3)cc12. The first-order valence-corrected chi connectivity index (χ1v) is 13.4. The Labute approximate surface area is 229 Å². The van der Waals surface area contributed by atoms with Crippen molar-refractivity contribution in [1.29, 1.82) is 0 Å². The monoisotopic (exact) mass is 552 g/mol. The second kappa shape index (κ2) is 12.0. The van der Waals surface area contributed by atoms with Gasteiger partial charge in [0.15, 0.2) is 5.82 Å². The number of aromatic nitrogens is 2. The third kappa shape index (κ3) is 6.49. The van der Waals surface area contributed by atoms with Crippen LogP contribution in [0.15, 0.2) is 64.4 Å². The van der Waals surface area contributed by atoms with E-state index in [1.54, 1.807) is 7.11 Å². The van der Waals surface area contributed by atoms with E-state index in [1.807, 2.05) is 36.4 Å². The van der Waals surface area contributed by atoms with Gasteiger partial charge in [0.1, 0.15) is 11.6 Å². The molecule has 0 atom stereocenters. The lowest BCUT2D eigenvalue weighted by Gasteiger charge is -2.34. The Morgan fingerprint density at radius 1 is 1.03 bits per heavy atom. The summed E-state index contributed by atoms with van der Waals surface area (Å²) in [5.41, 5.74) is 2.98. The van der Waals surface area contributed by atoms with E-state index in [-0.39, 0.29) is 5.91 Å². The lowest BCUT2D eigenvalue weighted by molar-refractivity contribution is 0.102. The Morgan fingerprint density at radius 3 is 2.54 bits per heavy atom. The molecular formula is C28H30F2N6O2S. The number of aromatic amines is 1. The molecule has 5 rings (SSSR count). The highest BCUT2D eigenvalue weighted by molar-refractivity contribution is 7.99. The van der Waals surface area contributed by atoms with Gasteiger partial charge in [-0.2, -0.15) is 5.10 Å². The molecule has 3 N–H and O–H groups in total. The number of anilines is 3. The number of piperazine rings is 1. The van der Waals surface area contributed by atoms with Gasteiger partial charge in [0.2, 0.25) is 0 Å². The number of carbonyl (C=O) groups excluding carboxylic acids is 1. The summed E-state index contributed by atoms with van der Waals surface area (Å²) in [5, 5.41) is 14.2. The topological polar surface area (TPSA) is 85.5 Å². The van der Waals surface area contributed by atoms with Crippen LogP contribution in [0, 0.1) is 11.6 Å². The van der Waals surface area contributed by atoms with Gasteiger partial charge in [-0.05, 0) is 55.6 Å². The maximum absolute atomic E-state index is 13.6. The molecule has 0 spiro atoms. The molecule has 204 valence electrons. The van der Waals surface area contributed by atoms with Crippen molar-refractivity contribution in [3.05, 3.63) is 71.8 Å². The predicted octanol–water partition coefficient (Wildman–Crippen LogP) is 5.05. The van der Waals surface area contributed by atoms with Crippen LogP contribution in [0.2, 0.25) is 0 Å². The number of carbonyl (C=O) groups is 1. The molecule has 1 amide bonds. The zero-order valence-corrected chi connectivity index (χ0v) is 22.6. The van der Waals surface area contributed by atoms with E-state index in [1.165, 1.54) is 23.9 Å². The third-order valence-electron chi connectivity index (χ3n) is 6.58. The first-order chi connectivity index (χ1) is 18.9. The molecule has 1 aromatic heterocycles. The van der Waals surface area contributed by atoms with Gasteiger partial charge >= 0.3 is 0 Å².